The van der Waals surface area contributed by atoms with Crippen LogP contribution in [-0.4, -0.2) is 18.2 Å². The molecule has 2 aromatic rings. The minimum Gasteiger partial charge on any atom is -0.465 e. The molecule has 6 heteroatoms. The van der Waals surface area contributed by atoms with E-state index >= 15 is 0 Å². The predicted octanol–water partition coefficient (Wildman–Crippen LogP) is 3.91. The van der Waals surface area contributed by atoms with Crippen LogP contribution in [0.3, 0.4) is 0 Å². The van der Waals surface area contributed by atoms with Crippen LogP contribution in [0, 0.1) is 0 Å². The molecule has 0 aliphatic carbocycles. The fourth-order valence-electron chi connectivity index (χ4n) is 1.76. The molecule has 2 rings (SSSR count). The largest absolute Gasteiger partial charge is 0.465 e. The Morgan fingerprint density at radius 2 is 2.00 bits per heavy atom. The summed E-state index contributed by atoms with van der Waals surface area (Å²) < 4.78 is 4.80. The van der Waals surface area contributed by atoms with Crippen LogP contribution in [0.4, 0.5) is 10.7 Å². The van der Waals surface area contributed by atoms with Crippen LogP contribution in [0.2, 0.25) is 0 Å². The highest BCUT2D eigenvalue weighted by Crippen LogP contribution is 2.29. The third kappa shape index (κ3) is 4.03. The lowest BCUT2D eigenvalue weighted by Gasteiger charge is -2.10. The number of benzene rings is 1. The first kappa shape index (κ1) is 15.5. The summed E-state index contributed by atoms with van der Waals surface area (Å²) in [6.45, 7) is 2.04. The number of carbonyl (C=O) groups excluding carboxylic acids is 1. The Balaban J connectivity index is 2.13. The van der Waals surface area contributed by atoms with Gasteiger partial charge in [0, 0.05) is 10.6 Å². The molecule has 0 unspecified atom stereocenters. The zero-order valence-electron chi connectivity index (χ0n) is 11.8. The summed E-state index contributed by atoms with van der Waals surface area (Å²) in [4.78, 5) is 12.9. The number of ether oxygens (including phenoxy) is 1. The third-order valence-electron chi connectivity index (χ3n) is 2.80. The quantitative estimate of drug-likeness (QED) is 0.661. The van der Waals surface area contributed by atoms with Gasteiger partial charge < -0.3 is 15.4 Å². The number of methoxy groups -OCH3 is 1. The minimum atomic E-state index is -0.365. The normalized spacial score (nSPS) is 10.0. The number of para-hydroxylation sites is 1. The number of thiocarbonyl (C=S) groups is 1. The Bertz CT molecular complexity index is 638. The Morgan fingerprint density at radius 1 is 1.29 bits per heavy atom. The van der Waals surface area contributed by atoms with Crippen LogP contribution < -0.4 is 10.6 Å². The van der Waals surface area contributed by atoms with Crippen LogP contribution in [0.1, 0.15) is 22.2 Å². The van der Waals surface area contributed by atoms with E-state index in [1.165, 1.54) is 18.4 Å². The highest BCUT2D eigenvalue weighted by atomic mass is 32.1. The molecule has 21 heavy (non-hydrogen) atoms. The van der Waals surface area contributed by atoms with Crippen molar-refractivity contribution in [3.05, 3.63) is 46.8 Å². The standard InChI is InChI=1S/C15H16N2O2S2/c1-3-11-9-12(14(18)19-2)13(21-11)17-15(20)16-10-7-5-4-6-8-10/h4-9H,3H2,1-2H3,(H2,16,17,20). The summed E-state index contributed by atoms with van der Waals surface area (Å²) >= 11 is 6.78. The smallest absolute Gasteiger partial charge is 0.340 e. The minimum absolute atomic E-state index is 0.365. The van der Waals surface area contributed by atoms with Crippen molar-refractivity contribution in [3.8, 4) is 0 Å². The molecule has 0 fully saturated rings. The lowest BCUT2D eigenvalue weighted by Crippen LogP contribution is -2.19. The highest BCUT2D eigenvalue weighted by Gasteiger charge is 2.17. The number of esters is 1. The third-order valence-corrected chi connectivity index (χ3v) is 4.19. The van der Waals surface area contributed by atoms with Gasteiger partial charge in [-0.25, -0.2) is 4.79 Å². The van der Waals surface area contributed by atoms with Crippen molar-refractivity contribution in [2.75, 3.05) is 17.7 Å². The number of carbonyl (C=O) groups is 1. The van der Waals surface area contributed by atoms with E-state index in [9.17, 15) is 4.79 Å². The van der Waals surface area contributed by atoms with Gasteiger partial charge in [-0.15, -0.1) is 11.3 Å². The molecule has 1 heterocycles. The first-order chi connectivity index (χ1) is 10.1. The first-order valence-corrected chi connectivity index (χ1v) is 7.70. The van der Waals surface area contributed by atoms with Crippen LogP contribution >= 0.6 is 23.6 Å². The zero-order valence-corrected chi connectivity index (χ0v) is 13.4. The summed E-state index contributed by atoms with van der Waals surface area (Å²) in [5.74, 6) is -0.365. The fourth-order valence-corrected chi connectivity index (χ4v) is 3.03. The van der Waals surface area contributed by atoms with Crippen molar-refractivity contribution in [2.24, 2.45) is 0 Å². The van der Waals surface area contributed by atoms with Crippen LogP contribution in [0.25, 0.3) is 0 Å². The van der Waals surface area contributed by atoms with Gasteiger partial charge in [0.2, 0.25) is 0 Å². The van der Waals surface area contributed by atoms with E-state index in [1.54, 1.807) is 0 Å². The SMILES string of the molecule is CCc1cc(C(=O)OC)c(NC(=S)Nc2ccccc2)s1. The van der Waals surface area contributed by atoms with Crippen LogP contribution in [-0.2, 0) is 11.2 Å². The van der Waals surface area contributed by atoms with Crippen molar-refractivity contribution < 1.29 is 9.53 Å². The van der Waals surface area contributed by atoms with Crippen molar-refractivity contribution in [1.82, 2.24) is 0 Å². The highest BCUT2D eigenvalue weighted by molar-refractivity contribution is 7.80. The van der Waals surface area contributed by atoms with Crippen molar-refractivity contribution >= 4 is 45.3 Å². The summed E-state index contributed by atoms with van der Waals surface area (Å²) in [7, 11) is 1.37. The lowest BCUT2D eigenvalue weighted by molar-refractivity contribution is 0.0602. The molecule has 0 radical (unpaired) electrons. The topological polar surface area (TPSA) is 50.4 Å². The second-order valence-electron chi connectivity index (χ2n) is 4.25. The van der Waals surface area contributed by atoms with Gasteiger partial charge >= 0.3 is 5.97 Å². The van der Waals surface area contributed by atoms with E-state index in [2.05, 4.69) is 10.6 Å². The van der Waals surface area contributed by atoms with Gasteiger partial charge in [-0.2, -0.15) is 0 Å². The van der Waals surface area contributed by atoms with E-state index in [1.807, 2.05) is 43.3 Å². The lowest BCUT2D eigenvalue weighted by atomic mass is 10.2. The molecule has 0 saturated heterocycles. The van der Waals surface area contributed by atoms with Gasteiger partial charge in [-0.3, -0.25) is 0 Å². The number of thiophene rings is 1. The van der Waals surface area contributed by atoms with Gasteiger partial charge in [0.1, 0.15) is 5.00 Å². The van der Waals surface area contributed by atoms with E-state index in [0.29, 0.717) is 15.7 Å². The number of anilines is 2. The van der Waals surface area contributed by atoms with E-state index in [0.717, 1.165) is 17.0 Å². The van der Waals surface area contributed by atoms with Gasteiger partial charge in [-0.05, 0) is 36.8 Å². The molecule has 2 N–H and O–H groups in total. The molecule has 0 amide bonds. The van der Waals surface area contributed by atoms with Gasteiger partial charge in [0.15, 0.2) is 5.11 Å². The van der Waals surface area contributed by atoms with E-state index in [-0.39, 0.29) is 5.97 Å². The zero-order chi connectivity index (χ0) is 15.2. The number of nitrogens with one attached hydrogen (secondary N) is 2. The summed E-state index contributed by atoms with van der Waals surface area (Å²) in [6.07, 6.45) is 0.856. The molecule has 0 atom stereocenters. The molecule has 110 valence electrons. The maximum Gasteiger partial charge on any atom is 0.340 e. The van der Waals surface area contributed by atoms with Crippen molar-refractivity contribution in [1.29, 1.82) is 0 Å². The second-order valence-corrected chi connectivity index (χ2v) is 5.79. The average molecular weight is 320 g/mol. The molecule has 0 spiro atoms. The van der Waals surface area contributed by atoms with Crippen LogP contribution in [0.5, 0.6) is 0 Å². The second kappa shape index (κ2) is 7.19. The van der Waals surface area contributed by atoms with Crippen LogP contribution in [0.15, 0.2) is 36.4 Å². The van der Waals surface area contributed by atoms with Crippen molar-refractivity contribution in [2.45, 2.75) is 13.3 Å². The Hall–Kier alpha value is -1.92. The summed E-state index contributed by atoms with van der Waals surface area (Å²) in [5, 5.41) is 7.29. The molecule has 4 nitrogen and oxygen atoms in total. The molecule has 0 saturated carbocycles. The van der Waals surface area contributed by atoms with E-state index < -0.39 is 0 Å². The molecule has 0 aliphatic rings. The van der Waals surface area contributed by atoms with Crippen molar-refractivity contribution in [3.63, 3.8) is 0 Å². The molecular weight excluding hydrogens is 304 g/mol. The molecule has 0 bridgehead atoms. The Morgan fingerprint density at radius 3 is 2.62 bits per heavy atom. The number of aryl methyl sites for hydroxylation is 1. The molecule has 1 aromatic carbocycles. The Labute approximate surface area is 133 Å². The fraction of sp³-hybridized carbons (Fsp3) is 0.200. The summed E-state index contributed by atoms with van der Waals surface area (Å²) in [5.41, 5.74) is 1.40. The van der Waals surface area contributed by atoms with E-state index in [4.69, 9.17) is 17.0 Å². The number of hydrogen-bond donors (Lipinski definition) is 2. The maximum absolute atomic E-state index is 11.8. The van der Waals surface area contributed by atoms with Gasteiger partial charge in [-0.1, -0.05) is 25.1 Å². The van der Waals surface area contributed by atoms with Gasteiger partial charge in [0.05, 0.1) is 12.7 Å². The number of rotatable bonds is 4. The summed E-state index contributed by atoms with van der Waals surface area (Å²) in [6, 6.07) is 11.5. The maximum atomic E-state index is 11.8. The Kier molecular flexibility index (Phi) is 5.30. The molecular formula is C15H16N2O2S2. The molecule has 1 aromatic heterocycles. The molecule has 0 aliphatic heterocycles. The number of hydrogen-bond acceptors (Lipinski definition) is 4. The monoisotopic (exact) mass is 320 g/mol. The van der Waals surface area contributed by atoms with Gasteiger partial charge in [0.25, 0.3) is 0 Å². The predicted molar refractivity (Wildman–Crippen MR) is 91.3 cm³/mol. The average Bonchev–Trinajstić information content (AvgIpc) is 2.90. The first-order valence-electron chi connectivity index (χ1n) is 6.48.